The number of piperazine rings is 1. The number of hydrogen-bond donors (Lipinski definition) is 1. The molecule has 2 aromatic rings. The van der Waals surface area contributed by atoms with Gasteiger partial charge in [-0.05, 0) is 56.9 Å². The summed E-state index contributed by atoms with van der Waals surface area (Å²) in [5, 5.41) is 23.5. The van der Waals surface area contributed by atoms with Gasteiger partial charge in [-0.15, -0.1) is 0 Å². The van der Waals surface area contributed by atoms with E-state index in [1.807, 2.05) is 4.90 Å². The summed E-state index contributed by atoms with van der Waals surface area (Å²) in [6.07, 6.45) is 2.71. The molecule has 11 heteroatoms. The zero-order chi connectivity index (χ0) is 25.8. The molecule has 0 spiro atoms. The average Bonchev–Trinajstić information content (AvgIpc) is 2.90. The number of amides is 2. The Labute approximate surface area is 207 Å². The number of carbonyl (C=O) groups is 2. The summed E-state index contributed by atoms with van der Waals surface area (Å²) in [5.41, 5.74) is 0.717. The molecule has 0 radical (unpaired) electrons. The third kappa shape index (κ3) is 5.43. The molecule has 1 aliphatic heterocycles. The van der Waals surface area contributed by atoms with Gasteiger partial charge < -0.3 is 15.1 Å². The summed E-state index contributed by atoms with van der Waals surface area (Å²) in [7, 11) is 0. The molecular weight excluding hydrogens is 467 g/mol. The molecule has 2 aliphatic rings. The first-order chi connectivity index (χ1) is 17.3. The summed E-state index contributed by atoms with van der Waals surface area (Å²) < 4.78 is 13.5. The number of nitrogens with one attached hydrogen (secondary N) is 1. The quantitative estimate of drug-likeness (QED) is 0.498. The maximum atomic E-state index is 13.5. The Morgan fingerprint density at radius 2 is 1.83 bits per heavy atom. The fourth-order valence-corrected chi connectivity index (χ4v) is 4.68. The summed E-state index contributed by atoms with van der Waals surface area (Å²) in [5.74, 6) is -1.27. The van der Waals surface area contributed by atoms with Gasteiger partial charge in [0.15, 0.2) is 0 Å². The highest BCUT2D eigenvalue weighted by atomic mass is 19.1. The third-order valence-corrected chi connectivity index (χ3v) is 6.84. The molecule has 1 N–H and O–H groups in total. The van der Waals surface area contributed by atoms with E-state index in [1.165, 1.54) is 31.2 Å². The number of pyridine rings is 1. The van der Waals surface area contributed by atoms with Gasteiger partial charge >= 0.3 is 0 Å². The van der Waals surface area contributed by atoms with E-state index in [1.54, 1.807) is 11.0 Å². The van der Waals surface area contributed by atoms with Gasteiger partial charge in [-0.2, -0.15) is 5.26 Å². The van der Waals surface area contributed by atoms with Crippen LogP contribution in [0.1, 0.15) is 52.2 Å². The van der Waals surface area contributed by atoms with Gasteiger partial charge in [0.25, 0.3) is 17.5 Å². The van der Waals surface area contributed by atoms with E-state index < -0.39 is 16.6 Å². The molecule has 188 valence electrons. The van der Waals surface area contributed by atoms with Crippen molar-refractivity contribution in [3.63, 3.8) is 0 Å². The largest absolute Gasteiger partial charge is 0.368 e. The number of carbonyl (C=O) groups excluding carboxylic acids is 2. The molecular formula is C25H27FN6O4. The molecule has 1 saturated carbocycles. The van der Waals surface area contributed by atoms with Crippen molar-refractivity contribution in [1.29, 1.82) is 5.26 Å². The molecule has 36 heavy (non-hydrogen) atoms. The minimum absolute atomic E-state index is 0.00981. The van der Waals surface area contributed by atoms with Crippen LogP contribution in [-0.2, 0) is 0 Å². The Hall–Kier alpha value is -4.07. The van der Waals surface area contributed by atoms with Gasteiger partial charge in [-0.25, -0.2) is 9.37 Å². The number of rotatable bonds is 5. The zero-order valence-electron chi connectivity index (χ0n) is 19.9. The minimum atomic E-state index is -0.570. The monoisotopic (exact) mass is 494 g/mol. The van der Waals surface area contributed by atoms with E-state index in [-0.39, 0.29) is 40.5 Å². The van der Waals surface area contributed by atoms with Crippen molar-refractivity contribution in [2.75, 3.05) is 31.1 Å². The Morgan fingerprint density at radius 1 is 1.14 bits per heavy atom. The summed E-state index contributed by atoms with van der Waals surface area (Å²) in [6, 6.07) is 9.19. The predicted molar refractivity (Wildman–Crippen MR) is 129 cm³/mol. The number of nitrogens with zero attached hydrogens (tertiary/aromatic N) is 5. The highest BCUT2D eigenvalue weighted by Crippen LogP contribution is 2.28. The van der Waals surface area contributed by atoms with Crippen LogP contribution in [0, 0.1) is 40.1 Å². The number of nitriles is 1. The van der Waals surface area contributed by atoms with Gasteiger partial charge in [-0.3, -0.25) is 19.7 Å². The van der Waals surface area contributed by atoms with Crippen molar-refractivity contribution < 1.29 is 18.9 Å². The summed E-state index contributed by atoms with van der Waals surface area (Å²) >= 11 is 0. The van der Waals surface area contributed by atoms with Crippen molar-refractivity contribution in [2.24, 2.45) is 5.92 Å². The molecule has 0 atom stereocenters. The number of benzene rings is 1. The minimum Gasteiger partial charge on any atom is -0.368 e. The lowest BCUT2D eigenvalue weighted by Gasteiger charge is -2.36. The molecule has 0 unspecified atom stereocenters. The molecule has 2 amide bonds. The van der Waals surface area contributed by atoms with E-state index in [9.17, 15) is 24.1 Å². The van der Waals surface area contributed by atoms with E-state index in [4.69, 9.17) is 5.26 Å². The first-order valence-electron chi connectivity index (χ1n) is 11.9. The second-order valence-corrected chi connectivity index (χ2v) is 9.15. The van der Waals surface area contributed by atoms with Crippen LogP contribution >= 0.6 is 0 Å². The molecule has 2 fully saturated rings. The lowest BCUT2D eigenvalue weighted by molar-refractivity contribution is -0.385. The number of aromatic nitrogens is 1. The van der Waals surface area contributed by atoms with Crippen molar-refractivity contribution in [1.82, 2.24) is 15.2 Å². The van der Waals surface area contributed by atoms with Gasteiger partial charge in [-0.1, -0.05) is 0 Å². The Bertz CT molecular complexity index is 1210. The van der Waals surface area contributed by atoms with Gasteiger partial charge in [0, 0.05) is 49.9 Å². The molecule has 1 aromatic carbocycles. The second-order valence-electron chi connectivity index (χ2n) is 9.15. The predicted octanol–water partition coefficient (Wildman–Crippen LogP) is 3.21. The van der Waals surface area contributed by atoms with Gasteiger partial charge in [0.2, 0.25) is 0 Å². The number of aryl methyl sites for hydroxylation is 1. The van der Waals surface area contributed by atoms with Crippen molar-refractivity contribution >= 4 is 23.2 Å². The van der Waals surface area contributed by atoms with Crippen molar-refractivity contribution in [3.8, 4) is 6.07 Å². The SMILES string of the molecule is Cc1nc(C(=O)N2CCN(c3ccc([N+](=O)[O-])c(C(=O)NC4CCC(C#N)CC4)c3)CC2)ccc1F. The second kappa shape index (κ2) is 10.7. The smallest absolute Gasteiger partial charge is 0.282 e. The van der Waals surface area contributed by atoms with Gasteiger partial charge in [0.1, 0.15) is 17.1 Å². The van der Waals surface area contributed by atoms with E-state index in [2.05, 4.69) is 16.4 Å². The maximum absolute atomic E-state index is 13.5. The number of anilines is 1. The normalized spacial score (nSPS) is 19.9. The van der Waals surface area contributed by atoms with E-state index >= 15 is 0 Å². The lowest BCUT2D eigenvalue weighted by atomic mass is 9.87. The first-order valence-corrected chi connectivity index (χ1v) is 11.9. The van der Waals surface area contributed by atoms with Crippen LogP contribution in [-0.4, -0.2) is 58.8 Å². The van der Waals surface area contributed by atoms with E-state index in [0.29, 0.717) is 57.5 Å². The molecule has 1 aliphatic carbocycles. The summed E-state index contributed by atoms with van der Waals surface area (Å²) in [6.45, 7) is 3.20. The Kier molecular flexibility index (Phi) is 7.43. The summed E-state index contributed by atoms with van der Waals surface area (Å²) in [4.78, 5) is 44.4. The van der Waals surface area contributed by atoms with Crippen molar-refractivity contribution in [2.45, 2.75) is 38.6 Å². The molecule has 10 nitrogen and oxygen atoms in total. The van der Waals surface area contributed by atoms with Crippen LogP contribution in [0.5, 0.6) is 0 Å². The third-order valence-electron chi connectivity index (χ3n) is 6.84. The topological polar surface area (TPSA) is 132 Å². The first kappa shape index (κ1) is 25.0. The van der Waals surface area contributed by atoms with Crippen LogP contribution in [0.25, 0.3) is 0 Å². The number of nitro benzene ring substituents is 1. The highest BCUT2D eigenvalue weighted by molar-refractivity contribution is 5.99. The Morgan fingerprint density at radius 3 is 2.44 bits per heavy atom. The highest BCUT2D eigenvalue weighted by Gasteiger charge is 2.28. The standard InChI is InChI=1S/C25H27FN6O4/c1-16-21(26)7-8-22(28-16)25(34)31-12-10-30(11-13-31)19-6-9-23(32(35)36)20(14-19)24(33)29-18-4-2-17(15-27)3-5-18/h6-9,14,17-18H,2-5,10-13H2,1H3,(H,29,33). The molecule has 1 aromatic heterocycles. The lowest BCUT2D eigenvalue weighted by Crippen LogP contribution is -2.49. The fourth-order valence-electron chi connectivity index (χ4n) is 4.68. The number of nitro groups is 1. The van der Waals surface area contributed by atoms with Crippen LogP contribution in [0.2, 0.25) is 0 Å². The number of halogens is 1. The fraction of sp³-hybridized carbons (Fsp3) is 0.440. The van der Waals surface area contributed by atoms with Crippen LogP contribution in [0.15, 0.2) is 30.3 Å². The average molecular weight is 495 g/mol. The zero-order valence-corrected chi connectivity index (χ0v) is 19.9. The van der Waals surface area contributed by atoms with E-state index in [0.717, 1.165) is 0 Å². The van der Waals surface area contributed by atoms with Crippen LogP contribution in [0.4, 0.5) is 15.8 Å². The molecule has 2 heterocycles. The number of hydrogen-bond acceptors (Lipinski definition) is 7. The molecule has 0 bridgehead atoms. The molecule has 1 saturated heterocycles. The van der Waals surface area contributed by atoms with Crippen LogP contribution in [0.3, 0.4) is 0 Å². The molecule has 4 rings (SSSR count). The maximum Gasteiger partial charge on any atom is 0.282 e. The Balaban J connectivity index is 1.44. The van der Waals surface area contributed by atoms with Crippen molar-refractivity contribution in [3.05, 3.63) is 63.2 Å². The van der Waals surface area contributed by atoms with Crippen LogP contribution < -0.4 is 10.2 Å². The van der Waals surface area contributed by atoms with Gasteiger partial charge in [0.05, 0.1) is 16.7 Å².